The van der Waals surface area contributed by atoms with Crippen molar-refractivity contribution in [2.75, 3.05) is 37.7 Å². The van der Waals surface area contributed by atoms with E-state index in [0.29, 0.717) is 48.2 Å². The van der Waals surface area contributed by atoms with E-state index in [9.17, 15) is 19.4 Å². The first-order valence-corrected chi connectivity index (χ1v) is 15.8. The summed E-state index contributed by atoms with van der Waals surface area (Å²) in [6.07, 6.45) is 1.70. The van der Waals surface area contributed by atoms with Gasteiger partial charge in [0.1, 0.15) is 29.9 Å². The van der Waals surface area contributed by atoms with Crippen LogP contribution in [0.5, 0.6) is 11.8 Å². The van der Waals surface area contributed by atoms with E-state index in [0.717, 1.165) is 37.6 Å². The van der Waals surface area contributed by atoms with Crippen LogP contribution in [0.3, 0.4) is 0 Å². The van der Waals surface area contributed by atoms with Gasteiger partial charge in [0.2, 0.25) is 0 Å². The number of fused-ring (bicyclic) bond motifs is 5. The summed E-state index contributed by atoms with van der Waals surface area (Å²) in [6, 6.07) is 11.6. The highest BCUT2D eigenvalue weighted by Crippen LogP contribution is 2.44. The molecule has 45 heavy (non-hydrogen) atoms. The Labute approximate surface area is 263 Å². The lowest BCUT2D eigenvalue weighted by Crippen LogP contribution is -2.55. The molecule has 8 rings (SSSR count). The van der Waals surface area contributed by atoms with Gasteiger partial charge in [0.05, 0.1) is 22.6 Å². The van der Waals surface area contributed by atoms with Crippen LogP contribution in [-0.2, 0) is 0 Å². The number of aromatic hydroxyl groups is 1. The molecule has 4 saturated heterocycles. The topological polar surface area (TPSA) is 102 Å². The Morgan fingerprint density at radius 1 is 1.09 bits per heavy atom. The van der Waals surface area contributed by atoms with Crippen LogP contribution in [0.25, 0.3) is 32.8 Å². The van der Waals surface area contributed by atoms with Gasteiger partial charge in [0, 0.05) is 37.0 Å². The van der Waals surface area contributed by atoms with Crippen molar-refractivity contribution in [3.63, 3.8) is 0 Å². The number of carboxylic acid groups (broad SMARTS) is 1. The molecule has 4 atom stereocenters. The molecular weight excluding hydrogens is 604 g/mol. The highest BCUT2D eigenvalue weighted by atomic mass is 35.5. The number of rotatable bonds is 5. The van der Waals surface area contributed by atoms with Gasteiger partial charge in [-0.05, 0) is 66.8 Å². The van der Waals surface area contributed by atoms with Gasteiger partial charge in [0.15, 0.2) is 5.82 Å². The lowest BCUT2D eigenvalue weighted by molar-refractivity contribution is 0.107. The fraction of sp³-hybridized carbons (Fsp3) is 0.424. The minimum Gasteiger partial charge on any atom is -0.508 e. The molecule has 0 aliphatic carbocycles. The zero-order valence-corrected chi connectivity index (χ0v) is 25.2. The smallest absolute Gasteiger partial charge is 0.407 e. The number of hydrogen-bond donors (Lipinski definition) is 2. The van der Waals surface area contributed by atoms with Crippen molar-refractivity contribution in [1.82, 2.24) is 19.8 Å². The maximum Gasteiger partial charge on any atom is 0.407 e. The van der Waals surface area contributed by atoms with Crippen molar-refractivity contribution in [2.45, 2.75) is 55.9 Å². The lowest BCUT2D eigenvalue weighted by Gasteiger charge is -2.40. The molecule has 4 aliphatic rings. The second-order valence-electron chi connectivity index (χ2n) is 12.8. The number of anilines is 1. The van der Waals surface area contributed by atoms with E-state index in [4.69, 9.17) is 21.3 Å². The number of nitrogens with zero attached hydrogens (tertiary/aromatic N) is 5. The van der Waals surface area contributed by atoms with Crippen LogP contribution in [0.1, 0.15) is 32.1 Å². The summed E-state index contributed by atoms with van der Waals surface area (Å²) in [4.78, 5) is 26.9. The summed E-state index contributed by atoms with van der Waals surface area (Å²) in [6.45, 7) is 2.12. The minimum atomic E-state index is -0.945. The van der Waals surface area contributed by atoms with E-state index in [2.05, 4.69) is 9.88 Å². The highest BCUT2D eigenvalue weighted by Gasteiger charge is 2.49. The molecule has 4 aliphatic heterocycles. The van der Waals surface area contributed by atoms with Crippen molar-refractivity contribution in [2.24, 2.45) is 0 Å². The van der Waals surface area contributed by atoms with Gasteiger partial charge in [-0.3, -0.25) is 9.80 Å². The van der Waals surface area contributed by atoms with Crippen LogP contribution >= 0.6 is 11.6 Å². The molecule has 12 heteroatoms. The third kappa shape index (κ3) is 4.62. The predicted octanol–water partition coefficient (Wildman–Crippen LogP) is 6.23. The number of phenols is 1. The number of alkyl halides is 1. The van der Waals surface area contributed by atoms with Gasteiger partial charge >= 0.3 is 12.1 Å². The zero-order valence-electron chi connectivity index (χ0n) is 24.4. The van der Waals surface area contributed by atoms with Crippen LogP contribution < -0.4 is 9.64 Å². The van der Waals surface area contributed by atoms with Crippen LogP contribution in [-0.4, -0.2) is 92.7 Å². The van der Waals surface area contributed by atoms with Gasteiger partial charge in [-0.1, -0.05) is 35.9 Å². The quantitative estimate of drug-likeness (QED) is 0.266. The lowest BCUT2D eigenvalue weighted by atomic mass is 9.95. The first-order valence-electron chi connectivity index (χ1n) is 15.4. The molecule has 0 radical (unpaired) electrons. The molecule has 0 spiro atoms. The molecule has 234 valence electrons. The average molecular weight is 636 g/mol. The number of halogens is 3. The molecule has 3 aromatic carbocycles. The summed E-state index contributed by atoms with van der Waals surface area (Å²) in [7, 11) is 0. The number of phenolic OH excluding ortho intramolecular Hbond substituents is 1. The molecule has 1 aromatic heterocycles. The molecule has 2 N–H and O–H groups in total. The number of carbonyl (C=O) groups is 1. The molecule has 5 heterocycles. The Morgan fingerprint density at radius 3 is 2.64 bits per heavy atom. The van der Waals surface area contributed by atoms with Gasteiger partial charge < -0.3 is 19.8 Å². The fourth-order valence-corrected chi connectivity index (χ4v) is 8.54. The van der Waals surface area contributed by atoms with E-state index in [-0.39, 0.29) is 46.6 Å². The number of aromatic nitrogens is 2. The normalized spacial score (nSPS) is 26.2. The Kier molecular flexibility index (Phi) is 6.69. The van der Waals surface area contributed by atoms with Gasteiger partial charge in [-0.2, -0.15) is 9.97 Å². The first kappa shape index (κ1) is 28.5. The van der Waals surface area contributed by atoms with Crippen LogP contribution in [0.4, 0.5) is 19.4 Å². The Morgan fingerprint density at radius 2 is 1.87 bits per heavy atom. The Bertz CT molecular complexity index is 1850. The molecule has 4 fully saturated rings. The third-order valence-electron chi connectivity index (χ3n) is 10.2. The van der Waals surface area contributed by atoms with Crippen LogP contribution in [0.15, 0.2) is 42.5 Å². The molecule has 1 amide bonds. The van der Waals surface area contributed by atoms with Crippen molar-refractivity contribution >= 4 is 45.2 Å². The number of hydrogen-bond acceptors (Lipinski definition) is 7. The second-order valence-corrected chi connectivity index (χ2v) is 13.2. The van der Waals surface area contributed by atoms with Crippen molar-refractivity contribution in [3.8, 4) is 22.9 Å². The second kappa shape index (κ2) is 10.6. The van der Waals surface area contributed by atoms with Crippen molar-refractivity contribution in [1.29, 1.82) is 0 Å². The zero-order chi connectivity index (χ0) is 31.0. The van der Waals surface area contributed by atoms with Crippen molar-refractivity contribution in [3.05, 3.63) is 53.3 Å². The minimum absolute atomic E-state index is 0.00500. The van der Waals surface area contributed by atoms with Crippen molar-refractivity contribution < 1.29 is 28.5 Å². The summed E-state index contributed by atoms with van der Waals surface area (Å²) in [5.74, 6) is -0.290. The average Bonchev–Trinajstić information content (AvgIpc) is 3.63. The standard InChI is InChI=1S/C33H32ClF2N5O4/c34-26-12-25-29(28(36)27(26)24-11-22(42)10-18-4-1-2-5-23(18)24)37-31(45-17-33-8-3-9-40(33)14-19(35)13-33)38-30(25)39-15-20-6-7-21(16-39)41(20)32(43)44/h1-2,4-5,10-12,19-21,42H,3,6-9,13-17H2,(H,43,44)/t19-,20?,21?,33+/m1/s1. The predicted molar refractivity (Wildman–Crippen MR) is 167 cm³/mol. The fourth-order valence-electron chi connectivity index (χ4n) is 8.25. The number of amides is 1. The molecule has 2 unspecified atom stereocenters. The Balaban J connectivity index is 1.26. The number of benzene rings is 3. The number of ether oxygens (including phenoxy) is 1. The van der Waals surface area contributed by atoms with E-state index < -0.39 is 23.6 Å². The van der Waals surface area contributed by atoms with E-state index in [1.807, 2.05) is 29.2 Å². The van der Waals surface area contributed by atoms with E-state index >= 15 is 4.39 Å². The van der Waals surface area contributed by atoms with Crippen LogP contribution in [0.2, 0.25) is 5.02 Å². The van der Waals surface area contributed by atoms with E-state index in [1.54, 1.807) is 12.1 Å². The summed E-state index contributed by atoms with van der Waals surface area (Å²) < 4.78 is 37.6. The largest absolute Gasteiger partial charge is 0.508 e. The van der Waals surface area contributed by atoms with E-state index in [1.165, 1.54) is 11.0 Å². The molecule has 4 aromatic rings. The molecule has 2 bridgehead atoms. The summed E-state index contributed by atoms with van der Waals surface area (Å²) in [5, 5.41) is 22.3. The maximum atomic E-state index is 16.9. The highest BCUT2D eigenvalue weighted by molar-refractivity contribution is 6.35. The third-order valence-corrected chi connectivity index (χ3v) is 10.5. The molecule has 0 saturated carbocycles. The maximum absolute atomic E-state index is 16.9. The Hall–Kier alpha value is -3.96. The van der Waals surface area contributed by atoms with Gasteiger partial charge in [-0.15, -0.1) is 0 Å². The SMILES string of the molecule is O=C(O)N1C2CCC1CN(c1nc(OC[C@@]34CCCN3C[C@H](F)C4)nc3c(F)c(-c4cc(O)cc5ccccc45)c(Cl)cc13)C2. The van der Waals surface area contributed by atoms with Crippen LogP contribution in [0, 0.1) is 5.82 Å². The number of piperazine rings is 1. The molecular formula is C33H32ClF2N5O4. The first-order chi connectivity index (χ1) is 21.7. The van der Waals surface area contributed by atoms with Gasteiger partial charge in [0.25, 0.3) is 0 Å². The summed E-state index contributed by atoms with van der Waals surface area (Å²) >= 11 is 6.85. The summed E-state index contributed by atoms with van der Waals surface area (Å²) in [5.41, 5.74) is 0.0738. The monoisotopic (exact) mass is 635 g/mol. The van der Waals surface area contributed by atoms with Gasteiger partial charge in [-0.25, -0.2) is 13.6 Å². The molecule has 9 nitrogen and oxygen atoms in total.